The topological polar surface area (TPSA) is 78.4 Å². The number of aryl methyl sites for hydroxylation is 1. The van der Waals surface area contributed by atoms with Crippen LogP contribution in [0.2, 0.25) is 0 Å². The van der Waals surface area contributed by atoms with Gasteiger partial charge in [0.15, 0.2) is 0 Å². The van der Waals surface area contributed by atoms with Crippen LogP contribution in [-0.2, 0) is 16.0 Å². The van der Waals surface area contributed by atoms with Gasteiger partial charge in [-0.1, -0.05) is 19.1 Å². The van der Waals surface area contributed by atoms with Crippen LogP contribution in [0.3, 0.4) is 0 Å². The summed E-state index contributed by atoms with van der Waals surface area (Å²) in [5.41, 5.74) is 1.73. The first kappa shape index (κ1) is 14.2. The molecule has 0 radical (unpaired) electrons. The van der Waals surface area contributed by atoms with E-state index < -0.39 is 17.9 Å². The molecule has 0 heterocycles. The Hall–Kier alpha value is -1.88. The third kappa shape index (κ3) is 4.18. The SMILES string of the molecule is CCc1ccc(NC(=O)C(=O)NC(C)CO)cc1. The van der Waals surface area contributed by atoms with Crippen molar-refractivity contribution >= 4 is 17.5 Å². The predicted octanol–water partition coefficient (Wildman–Crippen LogP) is 0.684. The van der Waals surface area contributed by atoms with Gasteiger partial charge in [-0.15, -0.1) is 0 Å². The first-order valence-electron chi connectivity index (χ1n) is 5.88. The van der Waals surface area contributed by atoms with E-state index in [1.807, 2.05) is 19.1 Å². The Bertz CT molecular complexity index is 415. The molecule has 1 unspecified atom stereocenters. The first-order chi connectivity index (χ1) is 8.56. The highest BCUT2D eigenvalue weighted by molar-refractivity contribution is 6.39. The predicted molar refractivity (Wildman–Crippen MR) is 69.1 cm³/mol. The van der Waals surface area contributed by atoms with Gasteiger partial charge in [0.2, 0.25) is 0 Å². The zero-order chi connectivity index (χ0) is 13.5. The van der Waals surface area contributed by atoms with Crippen molar-refractivity contribution in [3.05, 3.63) is 29.8 Å². The summed E-state index contributed by atoms with van der Waals surface area (Å²) >= 11 is 0. The Morgan fingerprint density at radius 3 is 2.33 bits per heavy atom. The molecular weight excluding hydrogens is 232 g/mol. The van der Waals surface area contributed by atoms with Crippen LogP contribution in [0, 0.1) is 0 Å². The molecule has 0 saturated carbocycles. The molecule has 0 aliphatic rings. The largest absolute Gasteiger partial charge is 0.394 e. The van der Waals surface area contributed by atoms with Gasteiger partial charge in [-0.2, -0.15) is 0 Å². The molecule has 2 amide bonds. The molecular formula is C13H18N2O3. The molecule has 0 saturated heterocycles. The van der Waals surface area contributed by atoms with Crippen molar-refractivity contribution in [2.45, 2.75) is 26.3 Å². The van der Waals surface area contributed by atoms with Gasteiger partial charge in [-0.3, -0.25) is 9.59 Å². The number of rotatable bonds is 4. The van der Waals surface area contributed by atoms with Crippen LogP contribution < -0.4 is 10.6 Å². The second kappa shape index (κ2) is 6.76. The third-order valence-electron chi connectivity index (χ3n) is 2.48. The van der Waals surface area contributed by atoms with Gasteiger partial charge in [0, 0.05) is 11.7 Å². The standard InChI is InChI=1S/C13H18N2O3/c1-3-10-4-6-11(7-5-10)15-13(18)12(17)14-9(2)8-16/h4-7,9,16H,3,8H2,1-2H3,(H,14,17)(H,15,18). The zero-order valence-electron chi connectivity index (χ0n) is 10.6. The lowest BCUT2D eigenvalue weighted by molar-refractivity contribution is -0.136. The van der Waals surface area contributed by atoms with Gasteiger partial charge in [0.1, 0.15) is 0 Å². The Morgan fingerprint density at radius 2 is 1.83 bits per heavy atom. The highest BCUT2D eigenvalue weighted by Gasteiger charge is 2.15. The number of hydrogen-bond acceptors (Lipinski definition) is 3. The molecule has 0 aliphatic heterocycles. The van der Waals surface area contributed by atoms with Crippen LogP contribution in [0.1, 0.15) is 19.4 Å². The van der Waals surface area contributed by atoms with Crippen molar-refractivity contribution in [3.8, 4) is 0 Å². The molecule has 0 fully saturated rings. The summed E-state index contributed by atoms with van der Waals surface area (Å²) in [4.78, 5) is 22.9. The number of carbonyl (C=O) groups excluding carboxylic acids is 2. The van der Waals surface area contributed by atoms with Crippen LogP contribution in [-0.4, -0.2) is 29.6 Å². The van der Waals surface area contributed by atoms with E-state index in [0.717, 1.165) is 12.0 Å². The van der Waals surface area contributed by atoms with Crippen molar-refractivity contribution in [2.24, 2.45) is 0 Å². The maximum atomic E-state index is 11.5. The normalized spacial score (nSPS) is 11.7. The third-order valence-corrected chi connectivity index (χ3v) is 2.48. The Labute approximate surface area is 106 Å². The van der Waals surface area contributed by atoms with E-state index in [-0.39, 0.29) is 6.61 Å². The number of aliphatic hydroxyl groups is 1. The monoisotopic (exact) mass is 250 g/mol. The molecule has 5 nitrogen and oxygen atoms in total. The number of aliphatic hydroxyl groups excluding tert-OH is 1. The minimum absolute atomic E-state index is 0.204. The van der Waals surface area contributed by atoms with Crippen molar-refractivity contribution in [1.82, 2.24) is 5.32 Å². The fraction of sp³-hybridized carbons (Fsp3) is 0.385. The van der Waals surface area contributed by atoms with Crippen molar-refractivity contribution in [3.63, 3.8) is 0 Å². The second-order valence-electron chi connectivity index (χ2n) is 4.06. The van der Waals surface area contributed by atoms with Gasteiger partial charge in [0.25, 0.3) is 0 Å². The van der Waals surface area contributed by atoms with Crippen LogP contribution in [0.15, 0.2) is 24.3 Å². The van der Waals surface area contributed by atoms with Crippen LogP contribution in [0.4, 0.5) is 5.69 Å². The van der Waals surface area contributed by atoms with Crippen molar-refractivity contribution < 1.29 is 14.7 Å². The smallest absolute Gasteiger partial charge is 0.313 e. The fourth-order valence-electron chi connectivity index (χ4n) is 1.35. The summed E-state index contributed by atoms with van der Waals surface area (Å²) < 4.78 is 0. The first-order valence-corrected chi connectivity index (χ1v) is 5.88. The van der Waals surface area contributed by atoms with Gasteiger partial charge in [0.05, 0.1) is 6.61 Å². The summed E-state index contributed by atoms with van der Waals surface area (Å²) in [7, 11) is 0. The van der Waals surface area contributed by atoms with Gasteiger partial charge in [-0.05, 0) is 31.0 Å². The average Bonchev–Trinajstić information content (AvgIpc) is 2.39. The molecule has 1 atom stereocenters. The molecule has 0 aliphatic carbocycles. The van der Waals surface area contributed by atoms with Crippen LogP contribution in [0.25, 0.3) is 0 Å². The number of hydrogen-bond donors (Lipinski definition) is 3. The summed E-state index contributed by atoms with van der Waals surface area (Å²) in [6.45, 7) is 3.45. The molecule has 0 spiro atoms. The van der Waals surface area contributed by atoms with E-state index in [0.29, 0.717) is 5.69 Å². The van der Waals surface area contributed by atoms with Crippen molar-refractivity contribution in [2.75, 3.05) is 11.9 Å². The van der Waals surface area contributed by atoms with Crippen LogP contribution >= 0.6 is 0 Å². The van der Waals surface area contributed by atoms with Gasteiger partial charge >= 0.3 is 11.8 Å². The van der Waals surface area contributed by atoms with Gasteiger partial charge in [-0.25, -0.2) is 0 Å². The number of nitrogens with one attached hydrogen (secondary N) is 2. The Morgan fingerprint density at radius 1 is 1.22 bits per heavy atom. The van der Waals surface area contributed by atoms with Crippen LogP contribution in [0.5, 0.6) is 0 Å². The fourth-order valence-corrected chi connectivity index (χ4v) is 1.35. The Balaban J connectivity index is 2.55. The highest BCUT2D eigenvalue weighted by Crippen LogP contribution is 2.09. The van der Waals surface area contributed by atoms with E-state index in [1.54, 1.807) is 19.1 Å². The highest BCUT2D eigenvalue weighted by atomic mass is 16.3. The molecule has 3 N–H and O–H groups in total. The quantitative estimate of drug-likeness (QED) is 0.688. The minimum Gasteiger partial charge on any atom is -0.394 e. The van der Waals surface area contributed by atoms with E-state index in [4.69, 9.17) is 5.11 Å². The maximum absolute atomic E-state index is 11.5. The molecule has 1 aromatic carbocycles. The summed E-state index contributed by atoms with van der Waals surface area (Å²) in [5.74, 6) is -1.49. The zero-order valence-corrected chi connectivity index (χ0v) is 10.6. The van der Waals surface area contributed by atoms with E-state index >= 15 is 0 Å². The van der Waals surface area contributed by atoms with E-state index in [2.05, 4.69) is 10.6 Å². The second-order valence-corrected chi connectivity index (χ2v) is 4.06. The summed E-state index contributed by atoms with van der Waals surface area (Å²) in [6.07, 6.45) is 0.919. The average molecular weight is 250 g/mol. The molecule has 1 aromatic rings. The molecule has 0 bridgehead atoms. The number of amides is 2. The maximum Gasteiger partial charge on any atom is 0.313 e. The molecule has 5 heteroatoms. The molecule has 98 valence electrons. The summed E-state index contributed by atoms with van der Waals surface area (Å²) in [5, 5.41) is 13.6. The molecule has 1 rings (SSSR count). The molecule has 18 heavy (non-hydrogen) atoms. The number of benzene rings is 1. The molecule has 0 aromatic heterocycles. The van der Waals surface area contributed by atoms with Crippen molar-refractivity contribution in [1.29, 1.82) is 0 Å². The number of anilines is 1. The Kier molecular flexibility index (Phi) is 5.32. The van der Waals surface area contributed by atoms with Gasteiger partial charge < -0.3 is 15.7 Å². The van der Waals surface area contributed by atoms with E-state index in [1.165, 1.54) is 0 Å². The number of carbonyl (C=O) groups is 2. The summed E-state index contributed by atoms with van der Waals surface area (Å²) in [6, 6.07) is 6.85. The van der Waals surface area contributed by atoms with E-state index in [9.17, 15) is 9.59 Å². The lowest BCUT2D eigenvalue weighted by atomic mass is 10.1. The minimum atomic E-state index is -0.754. The lowest BCUT2D eigenvalue weighted by Gasteiger charge is -2.10. The lowest BCUT2D eigenvalue weighted by Crippen LogP contribution is -2.42.